The summed E-state index contributed by atoms with van der Waals surface area (Å²) in [4.78, 5) is 25.4. The van der Waals surface area contributed by atoms with Crippen LogP contribution in [0.3, 0.4) is 0 Å². The minimum absolute atomic E-state index is 0.166. The van der Waals surface area contributed by atoms with Gasteiger partial charge in [-0.2, -0.15) is 8.42 Å². The van der Waals surface area contributed by atoms with Gasteiger partial charge < -0.3 is 34.3 Å². The standard InChI is InChI=1S/C48H88O12S/c1-3-5-7-9-11-13-15-17-19-20-21-22-23-25-27-29-31-33-35-37-44(50)59-41(39-58-48-47(53)46(52)45(51)42(60-48)40-61(54,55)56)38-57-43(49)36-34-32-30-28-26-24-18-16-14-12-10-8-6-4-2/h10,12,16,18,41-42,45-48,51-53H,3-9,11,13-15,17,19-40H2,1-2H3,(H,54,55,56)/b12-10+,18-16+/t41-,42-,45-,46?,47?,48+/m1/s1. The molecule has 0 aromatic heterocycles. The maximum atomic E-state index is 12.8. The summed E-state index contributed by atoms with van der Waals surface area (Å²) in [6.45, 7) is 3.73. The van der Waals surface area contributed by atoms with E-state index in [4.69, 9.17) is 18.9 Å². The number of hydrogen-bond acceptors (Lipinski definition) is 11. The van der Waals surface area contributed by atoms with E-state index in [9.17, 15) is 37.9 Å². The van der Waals surface area contributed by atoms with E-state index in [2.05, 4.69) is 38.2 Å². The van der Waals surface area contributed by atoms with E-state index in [1.165, 1.54) is 109 Å². The summed E-state index contributed by atoms with van der Waals surface area (Å²) in [6, 6.07) is 0. The third-order valence-electron chi connectivity index (χ3n) is 11.3. The van der Waals surface area contributed by atoms with Crippen molar-refractivity contribution >= 4 is 22.1 Å². The molecular formula is C48H88O12S. The summed E-state index contributed by atoms with van der Waals surface area (Å²) < 4.78 is 54.1. The maximum absolute atomic E-state index is 12.8. The lowest BCUT2D eigenvalue weighted by Gasteiger charge is -2.40. The normalized spacial score (nSPS) is 20.1. The van der Waals surface area contributed by atoms with E-state index in [1.807, 2.05) is 0 Å². The first kappa shape index (κ1) is 57.1. The highest BCUT2D eigenvalue weighted by Gasteiger charge is 2.46. The number of allylic oxidation sites excluding steroid dienone is 4. The molecule has 1 rings (SSSR count). The van der Waals surface area contributed by atoms with Crippen LogP contribution in [0.4, 0.5) is 0 Å². The zero-order chi connectivity index (χ0) is 44.8. The molecule has 1 saturated heterocycles. The Morgan fingerprint density at radius 2 is 1.00 bits per heavy atom. The Bertz CT molecular complexity index is 1220. The molecule has 2 unspecified atom stereocenters. The molecule has 13 heteroatoms. The van der Waals surface area contributed by atoms with Gasteiger partial charge >= 0.3 is 11.9 Å². The van der Waals surface area contributed by atoms with E-state index in [0.29, 0.717) is 12.8 Å². The van der Waals surface area contributed by atoms with Crippen molar-refractivity contribution in [3.63, 3.8) is 0 Å². The van der Waals surface area contributed by atoms with Gasteiger partial charge in [-0.25, -0.2) is 0 Å². The Hall–Kier alpha value is -1.87. The number of carbonyl (C=O) groups excluding carboxylic acids is 2. The molecule has 0 radical (unpaired) electrons. The van der Waals surface area contributed by atoms with Crippen LogP contribution >= 0.6 is 0 Å². The van der Waals surface area contributed by atoms with Crippen molar-refractivity contribution in [3.8, 4) is 0 Å². The lowest BCUT2D eigenvalue weighted by molar-refractivity contribution is -0.297. The van der Waals surface area contributed by atoms with E-state index >= 15 is 0 Å². The molecule has 0 bridgehead atoms. The van der Waals surface area contributed by atoms with Gasteiger partial charge in [0, 0.05) is 12.8 Å². The van der Waals surface area contributed by atoms with Crippen LogP contribution in [-0.4, -0.2) is 96.0 Å². The Labute approximate surface area is 370 Å². The van der Waals surface area contributed by atoms with E-state index in [0.717, 1.165) is 64.2 Å². The van der Waals surface area contributed by atoms with Gasteiger partial charge in [-0.1, -0.05) is 186 Å². The van der Waals surface area contributed by atoms with Crippen LogP contribution in [0.2, 0.25) is 0 Å². The van der Waals surface area contributed by atoms with Gasteiger partial charge in [-0.05, 0) is 38.5 Å². The molecule has 6 atom stereocenters. The van der Waals surface area contributed by atoms with Gasteiger partial charge in [-0.15, -0.1) is 0 Å². The smallest absolute Gasteiger partial charge is 0.306 e. The summed E-state index contributed by atoms with van der Waals surface area (Å²) in [6.07, 6.45) is 33.6. The molecule has 1 fully saturated rings. The molecule has 1 aliphatic rings. The average Bonchev–Trinajstić information content (AvgIpc) is 3.22. The molecule has 0 saturated carbocycles. The lowest BCUT2D eigenvalue weighted by Crippen LogP contribution is -2.60. The number of unbranched alkanes of at least 4 members (excludes halogenated alkanes) is 25. The van der Waals surface area contributed by atoms with Crippen molar-refractivity contribution in [3.05, 3.63) is 24.3 Å². The third-order valence-corrected chi connectivity index (χ3v) is 12.0. The van der Waals surface area contributed by atoms with E-state index in [1.54, 1.807) is 0 Å². The highest BCUT2D eigenvalue weighted by atomic mass is 32.2. The Morgan fingerprint density at radius 3 is 1.49 bits per heavy atom. The van der Waals surface area contributed by atoms with Gasteiger partial charge in [0.1, 0.15) is 36.8 Å². The Kier molecular flexibility index (Phi) is 36.1. The van der Waals surface area contributed by atoms with E-state index in [-0.39, 0.29) is 19.4 Å². The van der Waals surface area contributed by atoms with Gasteiger partial charge in [0.05, 0.1) is 6.61 Å². The molecule has 0 amide bonds. The fourth-order valence-corrected chi connectivity index (χ4v) is 8.15. The van der Waals surface area contributed by atoms with Gasteiger partial charge in [0.15, 0.2) is 12.4 Å². The fourth-order valence-electron chi connectivity index (χ4n) is 7.46. The quantitative estimate of drug-likeness (QED) is 0.0197. The topological polar surface area (TPSA) is 186 Å². The molecule has 0 spiro atoms. The second kappa shape index (κ2) is 38.6. The van der Waals surface area contributed by atoms with Gasteiger partial charge in [0.25, 0.3) is 10.1 Å². The van der Waals surface area contributed by atoms with Crippen LogP contribution in [0.5, 0.6) is 0 Å². The predicted molar refractivity (Wildman–Crippen MR) is 243 cm³/mol. The summed E-state index contributed by atoms with van der Waals surface area (Å²) in [5.74, 6) is -1.99. The fraction of sp³-hybridized carbons (Fsp3) is 0.875. The highest BCUT2D eigenvalue weighted by Crippen LogP contribution is 2.24. The summed E-state index contributed by atoms with van der Waals surface area (Å²) in [7, 11) is -4.60. The molecule has 4 N–H and O–H groups in total. The van der Waals surface area contributed by atoms with Gasteiger partial charge in [0.2, 0.25) is 0 Å². The van der Waals surface area contributed by atoms with Crippen molar-refractivity contribution in [1.29, 1.82) is 0 Å². The van der Waals surface area contributed by atoms with Crippen LogP contribution in [0.15, 0.2) is 24.3 Å². The number of ether oxygens (including phenoxy) is 4. The number of rotatable bonds is 41. The number of aliphatic hydroxyl groups is 3. The minimum Gasteiger partial charge on any atom is -0.462 e. The van der Waals surface area contributed by atoms with Crippen LogP contribution in [0, 0.1) is 0 Å². The number of esters is 2. The van der Waals surface area contributed by atoms with Crippen molar-refractivity contribution in [1.82, 2.24) is 0 Å². The first-order valence-electron chi connectivity index (χ1n) is 24.4. The average molecular weight is 889 g/mol. The number of aliphatic hydroxyl groups excluding tert-OH is 3. The largest absolute Gasteiger partial charge is 0.462 e. The molecule has 0 aliphatic carbocycles. The van der Waals surface area contributed by atoms with Crippen LogP contribution < -0.4 is 0 Å². The maximum Gasteiger partial charge on any atom is 0.306 e. The highest BCUT2D eigenvalue weighted by molar-refractivity contribution is 7.85. The Balaban J connectivity index is 2.39. The summed E-state index contributed by atoms with van der Waals surface area (Å²) in [5, 5.41) is 30.9. The molecule has 1 heterocycles. The molecule has 0 aromatic rings. The second-order valence-electron chi connectivity index (χ2n) is 17.1. The molecule has 61 heavy (non-hydrogen) atoms. The lowest BCUT2D eigenvalue weighted by atomic mass is 10.00. The first-order valence-corrected chi connectivity index (χ1v) is 26.0. The molecular weight excluding hydrogens is 801 g/mol. The third kappa shape index (κ3) is 33.3. The molecule has 12 nitrogen and oxygen atoms in total. The summed E-state index contributed by atoms with van der Waals surface area (Å²) in [5.41, 5.74) is 0. The van der Waals surface area contributed by atoms with Crippen LogP contribution in [0.25, 0.3) is 0 Å². The van der Waals surface area contributed by atoms with Crippen molar-refractivity contribution in [2.24, 2.45) is 0 Å². The van der Waals surface area contributed by atoms with Crippen molar-refractivity contribution in [2.75, 3.05) is 19.0 Å². The van der Waals surface area contributed by atoms with Crippen molar-refractivity contribution < 1.29 is 56.8 Å². The van der Waals surface area contributed by atoms with E-state index < -0.39 is 71.2 Å². The number of carbonyl (C=O) groups is 2. The Morgan fingerprint density at radius 1 is 0.557 bits per heavy atom. The van der Waals surface area contributed by atoms with Gasteiger partial charge in [-0.3, -0.25) is 14.1 Å². The molecule has 0 aromatic carbocycles. The predicted octanol–water partition coefficient (Wildman–Crippen LogP) is 10.4. The van der Waals surface area contributed by atoms with Crippen LogP contribution in [-0.2, 0) is 38.7 Å². The monoisotopic (exact) mass is 889 g/mol. The first-order chi connectivity index (χ1) is 29.5. The SMILES string of the molecule is CCCC/C=C/C/C=C/CCCCCCCC(=O)OC[C@H](CO[C@H]1O[C@H](CS(=O)(=O)O)[C@@H](O)C(O)C1O)OC(=O)CCCCCCCCCCCCCCCCCCCCC. The summed E-state index contributed by atoms with van der Waals surface area (Å²) >= 11 is 0. The second-order valence-corrected chi connectivity index (χ2v) is 18.6. The zero-order valence-corrected chi connectivity index (χ0v) is 39.1. The number of hydrogen-bond donors (Lipinski definition) is 4. The van der Waals surface area contributed by atoms with Crippen molar-refractivity contribution in [2.45, 2.75) is 250 Å². The van der Waals surface area contributed by atoms with Crippen LogP contribution in [0.1, 0.15) is 213 Å². The zero-order valence-electron chi connectivity index (χ0n) is 38.3. The minimum atomic E-state index is -4.60. The molecule has 358 valence electrons. The molecule has 1 aliphatic heterocycles.